The third kappa shape index (κ3) is 1.18. The van der Waals surface area contributed by atoms with Crippen molar-refractivity contribution in [2.45, 2.75) is 25.3 Å². The Balaban J connectivity index is 2.43. The number of phenols is 1. The minimum Gasteiger partial charge on any atom is -0.508 e. The van der Waals surface area contributed by atoms with Crippen LogP contribution >= 0.6 is 0 Å². The number of aromatic hydroxyl groups is 1. The van der Waals surface area contributed by atoms with Crippen molar-refractivity contribution in [1.82, 2.24) is 0 Å². The molecule has 0 amide bonds. The molecule has 1 aliphatic rings. The van der Waals surface area contributed by atoms with E-state index in [2.05, 4.69) is 6.07 Å². The van der Waals surface area contributed by atoms with Crippen LogP contribution in [0.1, 0.15) is 17.5 Å². The highest BCUT2D eigenvalue weighted by Gasteiger charge is 2.17. The summed E-state index contributed by atoms with van der Waals surface area (Å²) in [6.45, 7) is 0. The van der Waals surface area contributed by atoms with E-state index in [1.54, 1.807) is 6.07 Å². The Bertz CT molecular complexity index is 296. The number of aryl methyl sites for hydroxylation is 1. The van der Waals surface area contributed by atoms with Gasteiger partial charge in [-0.3, -0.25) is 0 Å². The first kappa shape index (κ1) is 7.62. The summed E-state index contributed by atoms with van der Waals surface area (Å²) in [5.41, 5.74) is 8.12. The van der Waals surface area contributed by atoms with E-state index in [1.807, 2.05) is 6.07 Å². The lowest BCUT2D eigenvalue weighted by Crippen LogP contribution is -2.27. The van der Waals surface area contributed by atoms with E-state index in [9.17, 15) is 5.11 Å². The Labute approximate surface area is 72.0 Å². The molecule has 64 valence electrons. The van der Waals surface area contributed by atoms with Crippen LogP contribution in [0.4, 0.5) is 0 Å². The molecule has 2 heteroatoms. The van der Waals surface area contributed by atoms with E-state index in [0.717, 1.165) is 24.8 Å². The molecule has 1 aromatic carbocycles. The maximum atomic E-state index is 9.52. The van der Waals surface area contributed by atoms with Gasteiger partial charge in [0.15, 0.2) is 0 Å². The van der Waals surface area contributed by atoms with Gasteiger partial charge in [0.1, 0.15) is 5.75 Å². The van der Waals surface area contributed by atoms with Crippen molar-refractivity contribution >= 4 is 0 Å². The standard InChI is InChI=1S/C10H13NO/c11-8-5-4-7-2-1-3-10(12)9(7)6-8/h1-3,8,12H,4-6,11H2. The molecule has 0 saturated carbocycles. The van der Waals surface area contributed by atoms with E-state index in [-0.39, 0.29) is 6.04 Å². The molecule has 0 bridgehead atoms. The average molecular weight is 163 g/mol. The lowest BCUT2D eigenvalue weighted by molar-refractivity contribution is 0.455. The quantitative estimate of drug-likeness (QED) is 0.604. The summed E-state index contributed by atoms with van der Waals surface area (Å²) in [4.78, 5) is 0. The van der Waals surface area contributed by atoms with Crippen LogP contribution in [0.25, 0.3) is 0 Å². The van der Waals surface area contributed by atoms with Crippen molar-refractivity contribution < 1.29 is 5.11 Å². The third-order valence-corrected chi connectivity index (χ3v) is 2.50. The summed E-state index contributed by atoms with van der Waals surface area (Å²) in [7, 11) is 0. The first-order chi connectivity index (χ1) is 5.77. The molecule has 2 rings (SSSR count). The second-order valence-corrected chi connectivity index (χ2v) is 3.42. The predicted octanol–water partition coefficient (Wildman–Crippen LogP) is 1.21. The molecule has 1 unspecified atom stereocenters. The van der Waals surface area contributed by atoms with Gasteiger partial charge in [-0.1, -0.05) is 12.1 Å². The van der Waals surface area contributed by atoms with Gasteiger partial charge < -0.3 is 10.8 Å². The normalized spacial score (nSPS) is 21.9. The van der Waals surface area contributed by atoms with Gasteiger partial charge >= 0.3 is 0 Å². The largest absolute Gasteiger partial charge is 0.508 e. The van der Waals surface area contributed by atoms with E-state index in [4.69, 9.17) is 5.73 Å². The Morgan fingerprint density at radius 3 is 3.08 bits per heavy atom. The van der Waals surface area contributed by atoms with Gasteiger partial charge in [0.05, 0.1) is 0 Å². The van der Waals surface area contributed by atoms with Gasteiger partial charge in [0.25, 0.3) is 0 Å². The second kappa shape index (κ2) is 2.79. The highest BCUT2D eigenvalue weighted by atomic mass is 16.3. The van der Waals surface area contributed by atoms with Crippen LogP contribution in [0.3, 0.4) is 0 Å². The Kier molecular flexibility index (Phi) is 1.77. The molecule has 0 saturated heterocycles. The summed E-state index contributed by atoms with van der Waals surface area (Å²) in [5, 5.41) is 9.52. The minimum absolute atomic E-state index is 0.228. The highest BCUT2D eigenvalue weighted by Crippen LogP contribution is 2.27. The van der Waals surface area contributed by atoms with Crippen molar-refractivity contribution in [1.29, 1.82) is 0 Å². The third-order valence-electron chi connectivity index (χ3n) is 2.50. The predicted molar refractivity (Wildman–Crippen MR) is 48.1 cm³/mol. The molecule has 0 fully saturated rings. The number of rotatable bonds is 0. The molecular formula is C10H13NO. The summed E-state index contributed by atoms with van der Waals surface area (Å²) in [5.74, 6) is 0.405. The van der Waals surface area contributed by atoms with Crippen LogP contribution < -0.4 is 5.73 Å². The molecule has 0 aromatic heterocycles. The van der Waals surface area contributed by atoms with Crippen LogP contribution in [0.5, 0.6) is 5.75 Å². The van der Waals surface area contributed by atoms with Crippen LogP contribution in [0.2, 0.25) is 0 Å². The Morgan fingerprint density at radius 1 is 1.42 bits per heavy atom. The second-order valence-electron chi connectivity index (χ2n) is 3.42. The molecule has 0 radical (unpaired) electrons. The summed E-state index contributed by atoms with van der Waals surface area (Å²) < 4.78 is 0. The Morgan fingerprint density at radius 2 is 2.25 bits per heavy atom. The number of nitrogens with two attached hydrogens (primary N) is 1. The first-order valence-corrected chi connectivity index (χ1v) is 4.32. The fourth-order valence-electron chi connectivity index (χ4n) is 1.80. The zero-order chi connectivity index (χ0) is 8.55. The van der Waals surface area contributed by atoms with Gasteiger partial charge in [-0.15, -0.1) is 0 Å². The fraction of sp³-hybridized carbons (Fsp3) is 0.400. The lowest BCUT2D eigenvalue weighted by atomic mass is 9.88. The molecule has 0 heterocycles. The van der Waals surface area contributed by atoms with E-state index in [0.29, 0.717) is 5.75 Å². The topological polar surface area (TPSA) is 46.2 Å². The monoisotopic (exact) mass is 163 g/mol. The zero-order valence-electron chi connectivity index (χ0n) is 6.96. The van der Waals surface area contributed by atoms with Gasteiger partial charge in [0, 0.05) is 6.04 Å². The average Bonchev–Trinajstić information content (AvgIpc) is 2.07. The van der Waals surface area contributed by atoms with Gasteiger partial charge in [-0.2, -0.15) is 0 Å². The number of hydrogen-bond acceptors (Lipinski definition) is 2. The maximum absolute atomic E-state index is 9.52. The zero-order valence-corrected chi connectivity index (χ0v) is 6.96. The van der Waals surface area contributed by atoms with Crippen LogP contribution in [0.15, 0.2) is 18.2 Å². The van der Waals surface area contributed by atoms with Crippen molar-refractivity contribution in [3.8, 4) is 5.75 Å². The van der Waals surface area contributed by atoms with Crippen molar-refractivity contribution in [3.63, 3.8) is 0 Å². The molecule has 0 aliphatic heterocycles. The number of hydrogen-bond donors (Lipinski definition) is 2. The minimum atomic E-state index is 0.228. The fourth-order valence-corrected chi connectivity index (χ4v) is 1.80. The smallest absolute Gasteiger partial charge is 0.119 e. The molecule has 2 nitrogen and oxygen atoms in total. The lowest BCUT2D eigenvalue weighted by Gasteiger charge is -2.21. The number of benzene rings is 1. The highest BCUT2D eigenvalue weighted by molar-refractivity contribution is 5.41. The van der Waals surface area contributed by atoms with Crippen LogP contribution in [-0.2, 0) is 12.8 Å². The molecule has 1 aromatic rings. The molecule has 3 N–H and O–H groups in total. The van der Waals surface area contributed by atoms with Crippen molar-refractivity contribution in [3.05, 3.63) is 29.3 Å². The van der Waals surface area contributed by atoms with Gasteiger partial charge in [0.2, 0.25) is 0 Å². The SMILES string of the molecule is NC1CCc2cccc(O)c2C1. The van der Waals surface area contributed by atoms with Gasteiger partial charge in [-0.05, 0) is 36.5 Å². The van der Waals surface area contributed by atoms with Crippen LogP contribution in [-0.4, -0.2) is 11.1 Å². The van der Waals surface area contributed by atoms with E-state index < -0.39 is 0 Å². The molecule has 1 aliphatic carbocycles. The van der Waals surface area contributed by atoms with Crippen molar-refractivity contribution in [2.75, 3.05) is 0 Å². The number of fused-ring (bicyclic) bond motifs is 1. The van der Waals surface area contributed by atoms with Gasteiger partial charge in [-0.25, -0.2) is 0 Å². The first-order valence-electron chi connectivity index (χ1n) is 4.32. The maximum Gasteiger partial charge on any atom is 0.119 e. The summed E-state index contributed by atoms with van der Waals surface area (Å²) in [6, 6.07) is 5.92. The Hall–Kier alpha value is -1.02. The molecule has 1 atom stereocenters. The number of phenolic OH excluding ortho intramolecular Hbond substituents is 1. The summed E-state index contributed by atoms with van der Waals surface area (Å²) >= 11 is 0. The molecule has 12 heavy (non-hydrogen) atoms. The van der Waals surface area contributed by atoms with Crippen LogP contribution in [0, 0.1) is 0 Å². The van der Waals surface area contributed by atoms with Crippen molar-refractivity contribution in [2.24, 2.45) is 5.73 Å². The molecular weight excluding hydrogens is 150 g/mol. The summed E-state index contributed by atoms with van der Waals surface area (Å²) in [6.07, 6.45) is 2.86. The van der Waals surface area contributed by atoms with E-state index in [1.165, 1.54) is 5.56 Å². The van der Waals surface area contributed by atoms with E-state index >= 15 is 0 Å². The molecule has 0 spiro atoms.